The lowest BCUT2D eigenvalue weighted by molar-refractivity contribution is -0.119. The number of carbonyl (C=O) groups excluding carboxylic acids is 2. The minimum Gasteiger partial charge on any atom is -0.364 e. The lowest BCUT2D eigenvalue weighted by Crippen LogP contribution is -2.44. The molecule has 0 aliphatic carbocycles. The molecule has 0 saturated heterocycles. The Morgan fingerprint density at radius 3 is 2.33 bits per heavy atom. The van der Waals surface area contributed by atoms with Gasteiger partial charge in [0.1, 0.15) is 0 Å². The van der Waals surface area contributed by atoms with E-state index in [1.165, 1.54) is 0 Å². The summed E-state index contributed by atoms with van der Waals surface area (Å²) in [6.45, 7) is 0.223. The minimum absolute atomic E-state index is 0.0513. The number of benzene rings is 2. The summed E-state index contributed by atoms with van der Waals surface area (Å²) in [6.07, 6.45) is 4.90. The van der Waals surface area contributed by atoms with E-state index in [2.05, 4.69) is 15.6 Å². The number of hydrazine groups is 1. The lowest BCUT2D eigenvalue weighted by atomic mass is 10.1. The molecule has 0 fully saturated rings. The highest BCUT2D eigenvalue weighted by molar-refractivity contribution is 7.88. The van der Waals surface area contributed by atoms with E-state index in [0.717, 1.165) is 0 Å². The van der Waals surface area contributed by atoms with Gasteiger partial charge in [0.25, 0.3) is 5.91 Å². The highest BCUT2D eigenvalue weighted by Gasteiger charge is 2.19. The van der Waals surface area contributed by atoms with Crippen LogP contribution in [-0.2, 0) is 25.4 Å². The Kier molecular flexibility index (Phi) is 6.99. The van der Waals surface area contributed by atoms with Gasteiger partial charge in [-0.2, -0.15) is 0 Å². The maximum atomic E-state index is 12.4. The summed E-state index contributed by atoms with van der Waals surface area (Å²) in [4.78, 5) is 28.3. The van der Waals surface area contributed by atoms with Crippen LogP contribution < -0.4 is 15.6 Å². The van der Waals surface area contributed by atoms with Gasteiger partial charge < -0.3 is 10.2 Å². The van der Waals surface area contributed by atoms with Gasteiger partial charge in [-0.05, 0) is 30.0 Å². The summed E-state index contributed by atoms with van der Waals surface area (Å²) >= 11 is 0. The van der Waals surface area contributed by atoms with Crippen molar-refractivity contribution in [2.24, 2.45) is 0 Å². The number of amides is 2. The quantitative estimate of drug-likeness (QED) is 0.555. The van der Waals surface area contributed by atoms with Crippen LogP contribution in [0.5, 0.6) is 0 Å². The fourth-order valence-electron chi connectivity index (χ4n) is 2.80. The molecule has 0 atom stereocenters. The van der Waals surface area contributed by atoms with E-state index in [0.29, 0.717) is 16.8 Å². The molecule has 8 nitrogen and oxygen atoms in total. The first-order valence-corrected chi connectivity index (χ1v) is 10.9. The first-order chi connectivity index (χ1) is 14.4. The fourth-order valence-corrected chi connectivity index (χ4v) is 3.75. The average molecular weight is 426 g/mol. The van der Waals surface area contributed by atoms with Crippen molar-refractivity contribution in [1.29, 1.82) is 0 Å². The van der Waals surface area contributed by atoms with Gasteiger partial charge in [-0.15, -0.1) is 4.83 Å². The summed E-state index contributed by atoms with van der Waals surface area (Å²) in [5.74, 6) is -1.06. The van der Waals surface area contributed by atoms with E-state index in [-0.39, 0.29) is 24.7 Å². The molecule has 156 valence electrons. The number of allylic oxidation sites excluding steroid dienone is 2. The molecule has 2 amide bonds. The third-order valence-corrected chi connectivity index (χ3v) is 5.31. The molecule has 0 aromatic heterocycles. The predicted molar refractivity (Wildman–Crippen MR) is 114 cm³/mol. The van der Waals surface area contributed by atoms with Gasteiger partial charge in [0.05, 0.1) is 12.3 Å². The zero-order valence-corrected chi connectivity index (χ0v) is 16.9. The van der Waals surface area contributed by atoms with Gasteiger partial charge in [0.2, 0.25) is 15.9 Å². The van der Waals surface area contributed by atoms with Crippen LogP contribution in [0.3, 0.4) is 0 Å². The molecular formula is C21H22N4O4S. The van der Waals surface area contributed by atoms with Gasteiger partial charge in [-0.3, -0.25) is 15.0 Å². The monoisotopic (exact) mass is 426 g/mol. The van der Waals surface area contributed by atoms with Gasteiger partial charge in [-0.1, -0.05) is 54.6 Å². The standard InChI is InChI=1S/C21H22N4O4S/c26-20(22-19-11-5-2-6-12-19)15-25-13-7-10-18(14-25)21(27)23-24-30(28,29)16-17-8-3-1-4-9-17/h1-13,24H,14-16H2,(H,22,26)(H,23,27). The first kappa shape index (κ1) is 21.3. The molecule has 0 radical (unpaired) electrons. The van der Waals surface area contributed by atoms with Crippen molar-refractivity contribution in [3.05, 3.63) is 90.2 Å². The molecule has 3 N–H and O–H groups in total. The SMILES string of the molecule is O=C(CN1C=CC=C(C(=O)NNS(=O)(=O)Cc2ccccc2)C1)Nc1ccccc1. The number of nitrogens with one attached hydrogen (secondary N) is 3. The fraction of sp³-hybridized carbons (Fsp3) is 0.143. The minimum atomic E-state index is -3.74. The Morgan fingerprint density at radius 1 is 0.967 bits per heavy atom. The second-order valence-electron chi connectivity index (χ2n) is 6.65. The topological polar surface area (TPSA) is 108 Å². The van der Waals surface area contributed by atoms with Crippen LogP contribution in [0, 0.1) is 0 Å². The number of rotatable bonds is 8. The second kappa shape index (κ2) is 9.86. The van der Waals surface area contributed by atoms with Crippen molar-refractivity contribution in [3.8, 4) is 0 Å². The Balaban J connectivity index is 1.49. The van der Waals surface area contributed by atoms with Crippen molar-refractivity contribution < 1.29 is 18.0 Å². The van der Waals surface area contributed by atoms with E-state index < -0.39 is 15.9 Å². The van der Waals surface area contributed by atoms with Gasteiger partial charge in [0.15, 0.2) is 0 Å². The number of sulfonamides is 1. The smallest absolute Gasteiger partial charge is 0.263 e. The third-order valence-electron chi connectivity index (χ3n) is 4.18. The molecule has 1 heterocycles. The average Bonchev–Trinajstić information content (AvgIpc) is 2.73. The molecule has 0 spiro atoms. The van der Waals surface area contributed by atoms with Crippen LogP contribution in [0.25, 0.3) is 0 Å². The molecule has 9 heteroatoms. The van der Waals surface area contributed by atoms with Crippen LogP contribution in [0.15, 0.2) is 84.6 Å². The van der Waals surface area contributed by atoms with Crippen molar-refractivity contribution in [2.45, 2.75) is 5.75 Å². The predicted octanol–water partition coefficient (Wildman–Crippen LogP) is 1.53. The van der Waals surface area contributed by atoms with Crippen LogP contribution in [-0.4, -0.2) is 38.2 Å². The van der Waals surface area contributed by atoms with Crippen molar-refractivity contribution in [1.82, 2.24) is 15.2 Å². The number of carbonyl (C=O) groups is 2. The zero-order valence-electron chi connectivity index (χ0n) is 16.1. The Hall–Kier alpha value is -3.43. The Labute approximate surface area is 175 Å². The lowest BCUT2D eigenvalue weighted by Gasteiger charge is -2.23. The largest absolute Gasteiger partial charge is 0.364 e. The van der Waals surface area contributed by atoms with Crippen LogP contribution >= 0.6 is 0 Å². The molecule has 0 saturated carbocycles. The first-order valence-electron chi connectivity index (χ1n) is 9.21. The van der Waals surface area contributed by atoms with E-state index in [9.17, 15) is 18.0 Å². The van der Waals surface area contributed by atoms with E-state index in [1.807, 2.05) is 18.2 Å². The molecule has 30 heavy (non-hydrogen) atoms. The molecule has 0 bridgehead atoms. The highest BCUT2D eigenvalue weighted by atomic mass is 32.2. The number of hydrogen-bond donors (Lipinski definition) is 3. The summed E-state index contributed by atoms with van der Waals surface area (Å²) in [5, 5.41) is 2.78. The maximum Gasteiger partial charge on any atom is 0.263 e. The van der Waals surface area contributed by atoms with Gasteiger partial charge in [0, 0.05) is 17.8 Å². The molecule has 3 rings (SSSR count). The summed E-state index contributed by atoms with van der Waals surface area (Å²) in [6, 6.07) is 17.7. The maximum absolute atomic E-state index is 12.4. The summed E-state index contributed by atoms with van der Waals surface area (Å²) in [5.41, 5.74) is 3.84. The number of nitrogens with zero attached hydrogens (tertiary/aromatic N) is 1. The summed E-state index contributed by atoms with van der Waals surface area (Å²) in [7, 11) is -3.74. The molecule has 1 aliphatic rings. The van der Waals surface area contributed by atoms with Crippen LogP contribution in [0.4, 0.5) is 5.69 Å². The van der Waals surface area contributed by atoms with Crippen molar-refractivity contribution in [3.63, 3.8) is 0 Å². The number of hydrogen-bond acceptors (Lipinski definition) is 5. The Bertz CT molecular complexity index is 1050. The van der Waals surface area contributed by atoms with E-state index in [1.54, 1.807) is 65.7 Å². The normalized spacial score (nSPS) is 13.5. The summed E-state index contributed by atoms with van der Waals surface area (Å²) < 4.78 is 24.3. The van der Waals surface area contributed by atoms with E-state index >= 15 is 0 Å². The van der Waals surface area contributed by atoms with Crippen LogP contribution in [0.1, 0.15) is 5.56 Å². The highest BCUT2D eigenvalue weighted by Crippen LogP contribution is 2.10. The third kappa shape index (κ3) is 6.57. The number of para-hydroxylation sites is 1. The zero-order chi connectivity index (χ0) is 21.4. The second-order valence-corrected chi connectivity index (χ2v) is 8.38. The van der Waals surface area contributed by atoms with Gasteiger partial charge in [-0.25, -0.2) is 8.42 Å². The molecule has 1 aliphatic heterocycles. The molecule has 0 unspecified atom stereocenters. The molecule has 2 aromatic rings. The Morgan fingerprint density at radius 2 is 1.63 bits per heavy atom. The van der Waals surface area contributed by atoms with Crippen molar-refractivity contribution >= 4 is 27.5 Å². The van der Waals surface area contributed by atoms with Crippen LogP contribution in [0.2, 0.25) is 0 Å². The van der Waals surface area contributed by atoms with Gasteiger partial charge >= 0.3 is 0 Å². The molecular weight excluding hydrogens is 404 g/mol. The number of anilines is 1. The van der Waals surface area contributed by atoms with Crippen molar-refractivity contribution in [2.75, 3.05) is 18.4 Å². The molecule has 2 aromatic carbocycles. The van der Waals surface area contributed by atoms with E-state index in [4.69, 9.17) is 0 Å².